The maximum atomic E-state index is 4.02. The van der Waals surface area contributed by atoms with Crippen LogP contribution in [0.3, 0.4) is 0 Å². The van der Waals surface area contributed by atoms with Crippen molar-refractivity contribution in [1.82, 2.24) is 0 Å². The van der Waals surface area contributed by atoms with Crippen molar-refractivity contribution in [3.63, 3.8) is 0 Å². The minimum atomic E-state index is 0. The molecule has 0 radical (unpaired) electrons. The van der Waals surface area contributed by atoms with Crippen LogP contribution in [0.25, 0.3) is 0 Å². The van der Waals surface area contributed by atoms with Gasteiger partial charge in [0.25, 0.3) is 0 Å². The van der Waals surface area contributed by atoms with Gasteiger partial charge in [0.2, 0.25) is 0 Å². The first-order valence-electron chi connectivity index (χ1n) is 16.6. The molecule has 18 fully saturated rings. The summed E-state index contributed by atoms with van der Waals surface area (Å²) in [6.07, 6.45) is 19.1. The Morgan fingerprint density at radius 1 is 0.432 bits per heavy atom. The molecule has 3 heteroatoms. The van der Waals surface area contributed by atoms with Crippen LogP contribution in [0.2, 0.25) is 0 Å². The zero-order chi connectivity index (χ0) is 21.9. The zero-order valence-electron chi connectivity index (χ0n) is 21.0. The second-order valence-electron chi connectivity index (χ2n) is 18.2. The third kappa shape index (κ3) is 0.736. The monoisotopic (exact) mass is 794 g/mol. The summed E-state index contributed by atoms with van der Waals surface area (Å²) in [4.78, 5) is 0. The van der Waals surface area contributed by atoms with Crippen LogP contribution < -0.4 is 0 Å². The van der Waals surface area contributed by atoms with E-state index in [0.29, 0.717) is 0 Å². The van der Waals surface area contributed by atoms with Gasteiger partial charge in [-0.2, -0.15) is 0 Å². The van der Waals surface area contributed by atoms with Crippen LogP contribution in [-0.4, -0.2) is 0 Å². The predicted molar refractivity (Wildman–Crippen MR) is 136 cm³/mol. The van der Waals surface area contributed by atoms with E-state index in [2.05, 4.69) is 10.3 Å². The van der Waals surface area contributed by atoms with Gasteiger partial charge in [0, 0.05) is 1.43 Å². The molecule has 37 heavy (non-hydrogen) atoms. The summed E-state index contributed by atoms with van der Waals surface area (Å²) in [5.74, 6) is 16.1. The molecule has 18 rings (SSSR count). The van der Waals surface area contributed by atoms with Gasteiger partial charge in [0.05, 0.1) is 0 Å². The first-order chi connectivity index (χ1) is 17.4. The third-order valence-corrected chi connectivity index (χ3v) is 21.8. The Hall–Kier alpha value is -0.196. The molecule has 0 aliphatic heterocycles. The summed E-state index contributed by atoms with van der Waals surface area (Å²) in [5, 5.41) is 0. The standard InChI is InChI=1S/C25H20.2C4H8.CH4.No.S.V.H2/c1-5-13-7-2-9-15-11-4-12-16-10-3-8-14-6(1)17(5)21(13)18(7,9)23(15)20(11,12)24(16)19(8,10)22(14,17)25(21,23)24;2*1-2-4-3-1;;;;;/h5-16H,1-4H2;2*1-4H2;1H4;;;;1H/i;;;;;;;1+2. The Labute approximate surface area is 230 Å². The molecule has 203 valence electrons. The fraction of sp³-hybridized carbons (Fsp3) is 1.00. The molecule has 8 unspecified atom stereocenters. The Morgan fingerprint density at radius 3 is 0.784 bits per heavy atom. The minimum absolute atomic E-state index is 0. The topological polar surface area (TPSA) is 0 Å². The molecule has 9 spiro atoms. The van der Waals surface area contributed by atoms with E-state index in [0.717, 1.165) is 48.7 Å². The van der Waals surface area contributed by atoms with E-state index in [4.69, 9.17) is 0 Å². The summed E-state index contributed by atoms with van der Waals surface area (Å²) >= 11 is 1.90. The predicted octanol–water partition coefficient (Wildman–Crippen LogP) is 7.69. The first kappa shape index (κ1) is 19.8. The van der Waals surface area contributed by atoms with Crippen molar-refractivity contribution in [3.8, 4) is 0 Å². The molecule has 0 saturated heterocycles. The van der Waals surface area contributed by atoms with Crippen molar-refractivity contribution in [3.05, 3.63) is 0 Å². The molecule has 0 heterocycles. The van der Waals surface area contributed by atoms with Gasteiger partial charge in [-0.3, -0.25) is 0 Å². The molecule has 0 nitrogen and oxygen atoms in total. The Morgan fingerprint density at radius 2 is 0.622 bits per heavy atom. The Balaban J connectivity index is 0.000000126. The average molecular weight is 795 g/mol. The normalized spacial score (nSPS) is 89.6. The van der Waals surface area contributed by atoms with E-state index in [-0.39, 0.29) is 8.85 Å². The van der Waals surface area contributed by atoms with E-state index >= 15 is 0 Å². The van der Waals surface area contributed by atoms with Gasteiger partial charge >= 0.3 is 26.0 Å². The molecule has 0 aromatic heterocycles. The van der Waals surface area contributed by atoms with Crippen molar-refractivity contribution in [2.45, 2.75) is 84.5 Å². The summed E-state index contributed by atoms with van der Waals surface area (Å²) in [7, 11) is 4.02. The van der Waals surface area contributed by atoms with Crippen molar-refractivity contribution < 1.29 is 17.1 Å². The van der Waals surface area contributed by atoms with Crippen molar-refractivity contribution in [1.29, 1.82) is 0 Å². The molecule has 8 atom stereocenters. The van der Waals surface area contributed by atoms with Crippen molar-refractivity contribution in [2.24, 2.45) is 120 Å². The van der Waals surface area contributed by atoms with Gasteiger partial charge in [-0.1, -0.05) is 58.8 Å². The Bertz CT molecular complexity index is 1110. The summed E-state index contributed by atoms with van der Waals surface area (Å²) in [5.41, 5.74) is 10.0. The van der Waals surface area contributed by atoms with Crippen LogP contribution in [0.4, 0.5) is 0 Å². The molecule has 0 amide bonds. The molecule has 18 saturated carbocycles. The van der Waals surface area contributed by atoms with Crippen LogP contribution in [0.15, 0.2) is 0 Å². The van der Waals surface area contributed by atoms with E-state index in [9.17, 15) is 0 Å². The SMILES string of the molecule is C.C1C2C3C4CC5C6C7CC8C9C%10CC%11C%12C1C21C32C45C63C78C94C%11%10C%121C234.C1CCC1.C1CCC1.[3HH].[No].[S]=[V]. The fourth-order valence-electron chi connectivity index (χ4n) is 24.3. The average Bonchev–Trinajstić information content (AvgIpc) is 2.66. The van der Waals surface area contributed by atoms with Crippen molar-refractivity contribution in [2.75, 3.05) is 0 Å². The molecule has 0 N–H and O–H groups in total. The third-order valence-electron chi connectivity index (χ3n) is 21.8. The molecular formula is C34H42NoSV. The van der Waals surface area contributed by atoms with E-state index < -0.39 is 0 Å². The van der Waals surface area contributed by atoms with Gasteiger partial charge in [-0.15, -0.1) is 0 Å². The zero-order valence-corrected chi connectivity index (χ0v) is 25.5. The molecule has 0 bridgehead atoms. The van der Waals surface area contributed by atoms with E-state index in [1.54, 1.807) is 25.7 Å². The number of hydrogen-bond donors (Lipinski definition) is 0. The van der Waals surface area contributed by atoms with Crippen LogP contribution in [0.1, 0.15) is 85.9 Å². The van der Waals surface area contributed by atoms with Crippen LogP contribution in [-0.2, 0) is 15.7 Å². The van der Waals surface area contributed by atoms with Gasteiger partial charge in [-0.25, -0.2) is 0 Å². The van der Waals surface area contributed by atoms with E-state index in [1.165, 1.54) is 122 Å². The van der Waals surface area contributed by atoms with Crippen molar-refractivity contribution >= 4 is 10.3 Å². The Kier molecular flexibility index (Phi) is 2.24. The second kappa shape index (κ2) is 4.18. The quantitative estimate of drug-likeness (QED) is 0.243. The summed E-state index contributed by atoms with van der Waals surface area (Å²) < 4.78 is 0. The fourth-order valence-corrected chi connectivity index (χ4v) is 24.3. The molecule has 0 aromatic rings. The molecule has 18 aliphatic rings. The molecular weight excluding hydrogens is 750 g/mol. The van der Waals surface area contributed by atoms with Crippen LogP contribution >= 0.6 is 10.3 Å². The summed E-state index contributed by atoms with van der Waals surface area (Å²) in [6.45, 7) is 0. The number of rotatable bonds is 0. The first-order valence-corrected chi connectivity index (χ1v) is 18.7. The molecule has 0 aromatic carbocycles. The van der Waals surface area contributed by atoms with Gasteiger partial charge in [0.15, 0.2) is 0 Å². The van der Waals surface area contributed by atoms with Crippen LogP contribution in [0, 0.1) is 120 Å². The maximum absolute atomic E-state index is 4.02. The van der Waals surface area contributed by atoms with Crippen LogP contribution in [0.5, 0.6) is 0 Å². The number of fused-ring (bicyclic) bond motifs is 8. The van der Waals surface area contributed by atoms with Gasteiger partial charge in [0.1, 0.15) is 0 Å². The molecule has 18 aliphatic carbocycles. The second-order valence-corrected chi connectivity index (χ2v) is 18.2. The number of hydrogen-bond acceptors (Lipinski definition) is 1. The van der Waals surface area contributed by atoms with Gasteiger partial charge < -0.3 is 0 Å². The van der Waals surface area contributed by atoms with E-state index in [1.807, 2.05) is 15.7 Å². The van der Waals surface area contributed by atoms with Gasteiger partial charge in [-0.05, 0) is 145 Å². The summed E-state index contributed by atoms with van der Waals surface area (Å²) in [6, 6.07) is 0.